The van der Waals surface area contributed by atoms with Crippen LogP contribution in [0.3, 0.4) is 0 Å². The molecule has 0 spiro atoms. The molecule has 142 valence electrons. The van der Waals surface area contributed by atoms with Gasteiger partial charge in [0.1, 0.15) is 5.82 Å². The lowest BCUT2D eigenvalue weighted by Gasteiger charge is -2.24. The van der Waals surface area contributed by atoms with E-state index in [9.17, 15) is 18.8 Å². The molecule has 0 radical (unpaired) electrons. The van der Waals surface area contributed by atoms with Crippen LogP contribution < -0.4 is 5.32 Å². The zero-order chi connectivity index (χ0) is 20.1. The van der Waals surface area contributed by atoms with Crippen molar-refractivity contribution in [3.63, 3.8) is 0 Å². The SMILES string of the molecule is CNC(=O)C[C@@H](C)N(C)C(=O)c1cccc(-c2cc(C(C)=O)ccc2F)c1. The molecule has 0 fully saturated rings. The third-order valence-electron chi connectivity index (χ3n) is 4.53. The van der Waals surface area contributed by atoms with Gasteiger partial charge < -0.3 is 10.2 Å². The van der Waals surface area contributed by atoms with E-state index in [1.807, 2.05) is 0 Å². The molecule has 0 aliphatic heterocycles. The van der Waals surface area contributed by atoms with Crippen LogP contribution >= 0.6 is 0 Å². The van der Waals surface area contributed by atoms with E-state index in [1.165, 1.54) is 30.0 Å². The van der Waals surface area contributed by atoms with Gasteiger partial charge in [0, 0.05) is 43.2 Å². The number of ketones is 1. The van der Waals surface area contributed by atoms with Gasteiger partial charge in [0.2, 0.25) is 5.91 Å². The lowest BCUT2D eigenvalue weighted by molar-refractivity contribution is -0.121. The summed E-state index contributed by atoms with van der Waals surface area (Å²) in [6.07, 6.45) is 0.188. The minimum atomic E-state index is -0.467. The fourth-order valence-corrected chi connectivity index (χ4v) is 2.70. The quantitative estimate of drug-likeness (QED) is 0.794. The molecule has 0 aliphatic rings. The molecule has 1 N–H and O–H groups in total. The summed E-state index contributed by atoms with van der Waals surface area (Å²) in [5.74, 6) is -1.05. The summed E-state index contributed by atoms with van der Waals surface area (Å²) in [6.45, 7) is 3.20. The van der Waals surface area contributed by atoms with Gasteiger partial charge in [0.25, 0.3) is 5.91 Å². The maximum Gasteiger partial charge on any atom is 0.253 e. The van der Waals surface area contributed by atoms with Crippen LogP contribution in [0.1, 0.15) is 41.0 Å². The van der Waals surface area contributed by atoms with Crippen molar-refractivity contribution in [2.45, 2.75) is 26.3 Å². The highest BCUT2D eigenvalue weighted by Crippen LogP contribution is 2.26. The van der Waals surface area contributed by atoms with E-state index in [4.69, 9.17) is 0 Å². The summed E-state index contributed by atoms with van der Waals surface area (Å²) in [4.78, 5) is 37.3. The Balaban J connectivity index is 2.32. The predicted molar refractivity (Wildman–Crippen MR) is 102 cm³/mol. The number of amides is 2. The topological polar surface area (TPSA) is 66.5 Å². The van der Waals surface area contributed by atoms with Crippen molar-refractivity contribution >= 4 is 17.6 Å². The molecule has 1 atom stereocenters. The first-order valence-corrected chi connectivity index (χ1v) is 8.63. The summed E-state index contributed by atoms with van der Waals surface area (Å²) in [5.41, 5.74) is 1.55. The van der Waals surface area contributed by atoms with Crippen molar-refractivity contribution in [2.75, 3.05) is 14.1 Å². The van der Waals surface area contributed by atoms with Crippen LogP contribution in [0.15, 0.2) is 42.5 Å². The number of hydrogen-bond donors (Lipinski definition) is 1. The maximum absolute atomic E-state index is 14.3. The highest BCUT2D eigenvalue weighted by atomic mass is 19.1. The third kappa shape index (κ3) is 4.78. The first-order chi connectivity index (χ1) is 12.7. The molecular formula is C21H23FN2O3. The first kappa shape index (κ1) is 20.3. The van der Waals surface area contributed by atoms with Crippen LogP contribution in [-0.2, 0) is 4.79 Å². The largest absolute Gasteiger partial charge is 0.359 e. The summed E-state index contributed by atoms with van der Waals surface area (Å²) in [6, 6.07) is 10.5. The number of carbonyl (C=O) groups is 3. The maximum atomic E-state index is 14.3. The van der Waals surface area contributed by atoms with Crippen LogP contribution in [0.4, 0.5) is 4.39 Å². The predicted octanol–water partition coefficient (Wildman–Crippen LogP) is 3.29. The van der Waals surface area contributed by atoms with Crippen molar-refractivity contribution < 1.29 is 18.8 Å². The van der Waals surface area contributed by atoms with Gasteiger partial charge in [0.05, 0.1) is 0 Å². The van der Waals surface area contributed by atoms with Gasteiger partial charge in [-0.1, -0.05) is 12.1 Å². The number of Topliss-reactive ketones (excluding diaryl/α,β-unsaturated/α-hetero) is 1. The molecule has 0 unspecified atom stereocenters. The summed E-state index contributed by atoms with van der Waals surface area (Å²) in [7, 11) is 3.17. The normalized spacial score (nSPS) is 11.6. The summed E-state index contributed by atoms with van der Waals surface area (Å²) < 4.78 is 14.3. The Bertz CT molecular complexity index is 879. The van der Waals surface area contributed by atoms with Crippen LogP contribution in [-0.4, -0.2) is 42.6 Å². The molecule has 27 heavy (non-hydrogen) atoms. The van der Waals surface area contributed by atoms with Gasteiger partial charge >= 0.3 is 0 Å². The minimum absolute atomic E-state index is 0.154. The van der Waals surface area contributed by atoms with Crippen molar-refractivity contribution in [1.29, 1.82) is 0 Å². The molecule has 0 bridgehead atoms. The molecular weight excluding hydrogens is 347 g/mol. The van der Waals surface area contributed by atoms with E-state index >= 15 is 0 Å². The number of nitrogens with zero attached hydrogens (tertiary/aromatic N) is 1. The van der Waals surface area contributed by atoms with Crippen LogP contribution in [0, 0.1) is 5.82 Å². The van der Waals surface area contributed by atoms with Gasteiger partial charge in [-0.25, -0.2) is 4.39 Å². The van der Waals surface area contributed by atoms with Gasteiger partial charge in [0.15, 0.2) is 5.78 Å². The Morgan fingerprint density at radius 2 is 1.81 bits per heavy atom. The van der Waals surface area contributed by atoms with Crippen molar-refractivity contribution in [3.05, 3.63) is 59.4 Å². The molecule has 0 heterocycles. The zero-order valence-electron chi connectivity index (χ0n) is 15.9. The molecule has 2 aromatic rings. The average Bonchev–Trinajstić information content (AvgIpc) is 2.66. The molecule has 5 nitrogen and oxygen atoms in total. The lowest BCUT2D eigenvalue weighted by atomic mass is 9.99. The highest BCUT2D eigenvalue weighted by Gasteiger charge is 2.20. The Kier molecular flexibility index (Phi) is 6.45. The molecule has 0 aromatic heterocycles. The Hall–Kier alpha value is -3.02. The van der Waals surface area contributed by atoms with Gasteiger partial charge in [-0.05, 0) is 49.7 Å². The van der Waals surface area contributed by atoms with E-state index < -0.39 is 5.82 Å². The smallest absolute Gasteiger partial charge is 0.253 e. The Morgan fingerprint density at radius 1 is 1.11 bits per heavy atom. The van der Waals surface area contributed by atoms with Crippen molar-refractivity contribution in [2.24, 2.45) is 0 Å². The van der Waals surface area contributed by atoms with Crippen molar-refractivity contribution in [1.82, 2.24) is 10.2 Å². The van der Waals surface area contributed by atoms with Crippen LogP contribution in [0.2, 0.25) is 0 Å². The lowest BCUT2D eigenvalue weighted by Crippen LogP contribution is -2.38. The Labute approximate surface area is 158 Å². The fraction of sp³-hybridized carbons (Fsp3) is 0.286. The number of rotatable bonds is 6. The van der Waals surface area contributed by atoms with Gasteiger partial charge in [-0.15, -0.1) is 0 Å². The number of carbonyl (C=O) groups excluding carboxylic acids is 3. The monoisotopic (exact) mass is 370 g/mol. The molecule has 0 aliphatic carbocycles. The van der Waals surface area contributed by atoms with E-state index in [0.717, 1.165) is 0 Å². The number of hydrogen-bond acceptors (Lipinski definition) is 3. The molecule has 2 amide bonds. The zero-order valence-corrected chi connectivity index (χ0v) is 15.9. The average molecular weight is 370 g/mol. The van der Waals surface area contributed by atoms with E-state index in [2.05, 4.69) is 5.32 Å². The fourth-order valence-electron chi connectivity index (χ4n) is 2.70. The highest BCUT2D eigenvalue weighted by molar-refractivity contribution is 5.97. The number of halogens is 1. The van der Waals surface area contributed by atoms with Crippen LogP contribution in [0.5, 0.6) is 0 Å². The molecule has 2 aromatic carbocycles. The molecule has 0 saturated carbocycles. The second-order valence-corrected chi connectivity index (χ2v) is 6.47. The van der Waals surface area contributed by atoms with E-state index in [-0.39, 0.29) is 35.6 Å². The number of nitrogens with one attached hydrogen (secondary N) is 1. The second-order valence-electron chi connectivity index (χ2n) is 6.47. The van der Waals surface area contributed by atoms with Crippen LogP contribution in [0.25, 0.3) is 11.1 Å². The molecule has 0 saturated heterocycles. The summed E-state index contributed by atoms with van der Waals surface area (Å²) >= 11 is 0. The van der Waals surface area contributed by atoms with Gasteiger partial charge in [-0.2, -0.15) is 0 Å². The first-order valence-electron chi connectivity index (χ1n) is 8.63. The minimum Gasteiger partial charge on any atom is -0.359 e. The molecule has 2 rings (SSSR count). The second kappa shape index (κ2) is 8.58. The Morgan fingerprint density at radius 3 is 2.44 bits per heavy atom. The van der Waals surface area contributed by atoms with Crippen molar-refractivity contribution in [3.8, 4) is 11.1 Å². The van der Waals surface area contributed by atoms with E-state index in [1.54, 1.807) is 45.3 Å². The standard InChI is InChI=1S/C21H23FN2O3/c1-13(10-20(26)23-3)24(4)21(27)17-7-5-6-16(11-17)18-12-15(14(2)25)8-9-19(18)22/h5-9,11-13H,10H2,1-4H3,(H,23,26)/t13-/m1/s1. The van der Waals surface area contributed by atoms with E-state index in [0.29, 0.717) is 16.7 Å². The summed E-state index contributed by atoms with van der Waals surface area (Å²) in [5, 5.41) is 2.53. The van der Waals surface area contributed by atoms with Gasteiger partial charge in [-0.3, -0.25) is 14.4 Å². The molecule has 6 heteroatoms. The third-order valence-corrected chi connectivity index (χ3v) is 4.53. The number of benzene rings is 2.